The molecule has 1 aliphatic carbocycles. The number of nitrogens with zero attached hydrogens (tertiary/aromatic N) is 1. The van der Waals surface area contributed by atoms with Crippen molar-refractivity contribution in [3.8, 4) is 0 Å². The van der Waals surface area contributed by atoms with E-state index in [0.717, 1.165) is 12.8 Å². The molecular formula is C9H14N2O3. The summed E-state index contributed by atoms with van der Waals surface area (Å²) in [7, 11) is 0. The number of aliphatic carboxylic acids is 1. The molecule has 2 rings (SSSR count). The molecule has 3 N–H and O–H groups in total. The van der Waals surface area contributed by atoms with Gasteiger partial charge in [-0.2, -0.15) is 0 Å². The Labute approximate surface area is 81.9 Å². The van der Waals surface area contributed by atoms with E-state index in [2.05, 4.69) is 0 Å². The number of carboxylic acid groups (broad SMARTS) is 1. The monoisotopic (exact) mass is 198 g/mol. The molecule has 0 aromatic heterocycles. The molecule has 0 aromatic rings. The number of likely N-dealkylation sites (tertiary alicyclic amines) is 1. The number of carbonyl (C=O) groups is 2. The van der Waals surface area contributed by atoms with Gasteiger partial charge in [-0.1, -0.05) is 0 Å². The first kappa shape index (κ1) is 9.45. The molecule has 1 unspecified atom stereocenters. The van der Waals surface area contributed by atoms with Gasteiger partial charge in [0.05, 0.1) is 11.5 Å². The molecule has 78 valence electrons. The lowest BCUT2D eigenvalue weighted by Gasteiger charge is -2.19. The minimum absolute atomic E-state index is 0.0683. The average molecular weight is 198 g/mol. The normalized spacial score (nSPS) is 28.9. The number of amides is 1. The molecule has 1 heterocycles. The second-order valence-electron chi connectivity index (χ2n) is 4.23. The van der Waals surface area contributed by atoms with Crippen LogP contribution in [0.25, 0.3) is 0 Å². The molecule has 1 aliphatic heterocycles. The summed E-state index contributed by atoms with van der Waals surface area (Å²) in [5.41, 5.74) is 5.09. The summed E-state index contributed by atoms with van der Waals surface area (Å²) in [4.78, 5) is 24.0. The summed E-state index contributed by atoms with van der Waals surface area (Å²) in [6.07, 6.45) is 2.03. The number of rotatable bonds is 2. The van der Waals surface area contributed by atoms with Crippen molar-refractivity contribution in [2.45, 2.75) is 24.8 Å². The van der Waals surface area contributed by atoms with Crippen LogP contribution in [0.15, 0.2) is 0 Å². The van der Waals surface area contributed by atoms with Gasteiger partial charge in [-0.15, -0.1) is 0 Å². The number of nitrogens with two attached hydrogens (primary N) is 1. The molecule has 1 amide bonds. The zero-order chi connectivity index (χ0) is 10.3. The van der Waals surface area contributed by atoms with Gasteiger partial charge >= 0.3 is 5.97 Å². The van der Waals surface area contributed by atoms with E-state index < -0.39 is 17.4 Å². The van der Waals surface area contributed by atoms with Crippen LogP contribution in [0.2, 0.25) is 0 Å². The highest BCUT2D eigenvalue weighted by molar-refractivity contribution is 5.89. The van der Waals surface area contributed by atoms with Gasteiger partial charge in [0.15, 0.2) is 0 Å². The fourth-order valence-electron chi connectivity index (χ4n) is 1.81. The standard InChI is InChI=1S/C9H14N2O3/c10-9(2-3-9)8(14)11-4-1-6(5-11)7(12)13/h6H,1-5,10H2,(H,12,13). The van der Waals surface area contributed by atoms with Crippen molar-refractivity contribution in [3.63, 3.8) is 0 Å². The Hall–Kier alpha value is -1.10. The molecule has 0 radical (unpaired) electrons. The molecule has 5 nitrogen and oxygen atoms in total. The smallest absolute Gasteiger partial charge is 0.308 e. The molecule has 1 atom stereocenters. The summed E-state index contributed by atoms with van der Waals surface area (Å²) < 4.78 is 0. The van der Waals surface area contributed by atoms with Crippen LogP contribution in [0.4, 0.5) is 0 Å². The maximum absolute atomic E-state index is 11.7. The highest BCUT2D eigenvalue weighted by Crippen LogP contribution is 2.35. The molecule has 14 heavy (non-hydrogen) atoms. The molecule has 2 aliphatic rings. The lowest BCUT2D eigenvalue weighted by molar-refractivity contribution is -0.141. The summed E-state index contributed by atoms with van der Waals surface area (Å²) in [6.45, 7) is 0.863. The van der Waals surface area contributed by atoms with Crippen molar-refractivity contribution in [1.82, 2.24) is 4.90 Å². The largest absolute Gasteiger partial charge is 0.481 e. The van der Waals surface area contributed by atoms with Crippen molar-refractivity contribution in [2.75, 3.05) is 13.1 Å². The molecule has 1 saturated heterocycles. The van der Waals surface area contributed by atoms with Crippen LogP contribution in [0.3, 0.4) is 0 Å². The van der Waals surface area contributed by atoms with E-state index in [1.165, 1.54) is 0 Å². The Morgan fingerprint density at radius 1 is 1.43 bits per heavy atom. The quantitative estimate of drug-likeness (QED) is 0.621. The van der Waals surface area contributed by atoms with E-state index in [1.54, 1.807) is 4.90 Å². The van der Waals surface area contributed by atoms with Crippen LogP contribution in [0.5, 0.6) is 0 Å². The van der Waals surface area contributed by atoms with Crippen molar-refractivity contribution in [3.05, 3.63) is 0 Å². The van der Waals surface area contributed by atoms with Gasteiger partial charge in [-0.25, -0.2) is 0 Å². The van der Waals surface area contributed by atoms with Gasteiger partial charge in [0.2, 0.25) is 5.91 Å². The van der Waals surface area contributed by atoms with E-state index in [-0.39, 0.29) is 5.91 Å². The van der Waals surface area contributed by atoms with Crippen LogP contribution in [0, 0.1) is 5.92 Å². The zero-order valence-electron chi connectivity index (χ0n) is 7.90. The molecule has 1 saturated carbocycles. The highest BCUT2D eigenvalue weighted by atomic mass is 16.4. The summed E-state index contributed by atoms with van der Waals surface area (Å²) >= 11 is 0. The van der Waals surface area contributed by atoms with E-state index in [0.29, 0.717) is 19.5 Å². The van der Waals surface area contributed by atoms with Crippen LogP contribution < -0.4 is 5.73 Å². The molecule has 0 spiro atoms. The first-order chi connectivity index (χ1) is 6.53. The number of carboxylic acids is 1. The third-order valence-corrected chi connectivity index (χ3v) is 3.04. The van der Waals surface area contributed by atoms with Crippen LogP contribution in [0.1, 0.15) is 19.3 Å². The van der Waals surface area contributed by atoms with Gasteiger partial charge < -0.3 is 15.7 Å². The lowest BCUT2D eigenvalue weighted by Crippen LogP contribution is -2.44. The topological polar surface area (TPSA) is 83.6 Å². The minimum atomic E-state index is -0.817. The maximum Gasteiger partial charge on any atom is 0.308 e. The highest BCUT2D eigenvalue weighted by Gasteiger charge is 2.49. The van der Waals surface area contributed by atoms with Crippen molar-refractivity contribution < 1.29 is 14.7 Å². The van der Waals surface area contributed by atoms with Crippen molar-refractivity contribution in [1.29, 1.82) is 0 Å². The Bertz CT molecular complexity index is 286. The van der Waals surface area contributed by atoms with Gasteiger partial charge in [0, 0.05) is 13.1 Å². The maximum atomic E-state index is 11.7. The minimum Gasteiger partial charge on any atom is -0.481 e. The molecule has 0 bridgehead atoms. The molecule has 0 aromatic carbocycles. The lowest BCUT2D eigenvalue weighted by atomic mass is 10.1. The number of hydrogen-bond acceptors (Lipinski definition) is 3. The van der Waals surface area contributed by atoms with Gasteiger partial charge in [-0.05, 0) is 19.3 Å². The van der Waals surface area contributed by atoms with Gasteiger partial charge in [0.1, 0.15) is 0 Å². The van der Waals surface area contributed by atoms with Crippen LogP contribution in [-0.4, -0.2) is 40.5 Å². The summed E-state index contributed by atoms with van der Waals surface area (Å²) in [6, 6.07) is 0. The predicted molar refractivity (Wildman–Crippen MR) is 48.5 cm³/mol. The fraction of sp³-hybridized carbons (Fsp3) is 0.778. The van der Waals surface area contributed by atoms with Crippen LogP contribution >= 0.6 is 0 Å². The summed E-state index contributed by atoms with van der Waals surface area (Å²) in [5, 5.41) is 8.76. The van der Waals surface area contributed by atoms with Gasteiger partial charge in [-0.3, -0.25) is 9.59 Å². The number of hydrogen-bond donors (Lipinski definition) is 2. The van der Waals surface area contributed by atoms with E-state index in [4.69, 9.17) is 10.8 Å². The van der Waals surface area contributed by atoms with E-state index in [1.807, 2.05) is 0 Å². The van der Waals surface area contributed by atoms with Gasteiger partial charge in [0.25, 0.3) is 0 Å². The zero-order valence-corrected chi connectivity index (χ0v) is 7.90. The van der Waals surface area contributed by atoms with Crippen molar-refractivity contribution >= 4 is 11.9 Å². The average Bonchev–Trinajstić information content (AvgIpc) is 2.69. The first-order valence-electron chi connectivity index (χ1n) is 4.84. The predicted octanol–water partition coefficient (Wildman–Crippen LogP) is -0.589. The Morgan fingerprint density at radius 2 is 2.07 bits per heavy atom. The summed E-state index contributed by atoms with van der Waals surface area (Å²) in [5.74, 6) is -1.29. The van der Waals surface area contributed by atoms with E-state index in [9.17, 15) is 9.59 Å². The Balaban J connectivity index is 1.95. The first-order valence-corrected chi connectivity index (χ1v) is 4.84. The second-order valence-corrected chi connectivity index (χ2v) is 4.23. The third-order valence-electron chi connectivity index (χ3n) is 3.04. The molecular weight excluding hydrogens is 184 g/mol. The molecule has 2 fully saturated rings. The van der Waals surface area contributed by atoms with Crippen molar-refractivity contribution in [2.24, 2.45) is 11.7 Å². The number of carbonyl (C=O) groups excluding carboxylic acids is 1. The SMILES string of the molecule is NC1(C(=O)N2CCC(C(=O)O)C2)CC1. The fourth-order valence-corrected chi connectivity index (χ4v) is 1.81. The third kappa shape index (κ3) is 1.48. The van der Waals surface area contributed by atoms with E-state index >= 15 is 0 Å². The Morgan fingerprint density at radius 3 is 2.50 bits per heavy atom. The second kappa shape index (κ2) is 2.95. The molecule has 5 heteroatoms. The Kier molecular flexibility index (Phi) is 1.99. The van der Waals surface area contributed by atoms with Crippen LogP contribution in [-0.2, 0) is 9.59 Å².